The molecule has 2 unspecified atom stereocenters. The Labute approximate surface area is 191 Å². The van der Waals surface area contributed by atoms with Crippen LogP contribution in [0, 0.1) is 11.8 Å². The maximum absolute atomic E-state index is 13.0. The van der Waals surface area contributed by atoms with E-state index in [0.717, 1.165) is 18.9 Å². The summed E-state index contributed by atoms with van der Waals surface area (Å²) in [4.78, 5) is 44.9. The Hall–Kier alpha value is -3.72. The van der Waals surface area contributed by atoms with Gasteiger partial charge in [0.05, 0.1) is 42.6 Å². The highest BCUT2D eigenvalue weighted by atomic mass is 16.5. The average Bonchev–Trinajstić information content (AvgIpc) is 2.87. The minimum absolute atomic E-state index is 0.163. The molecule has 0 spiro atoms. The summed E-state index contributed by atoms with van der Waals surface area (Å²) in [6.07, 6.45) is 6.62. The fourth-order valence-corrected chi connectivity index (χ4v) is 4.41. The molecule has 0 saturated carbocycles. The molecule has 170 valence electrons. The molecule has 2 N–H and O–H groups in total. The van der Waals surface area contributed by atoms with Gasteiger partial charge in [-0.25, -0.2) is 9.99 Å². The Bertz CT molecular complexity index is 1090. The van der Waals surface area contributed by atoms with Crippen LogP contribution in [-0.4, -0.2) is 49.0 Å². The van der Waals surface area contributed by atoms with E-state index in [-0.39, 0.29) is 29.6 Å². The summed E-state index contributed by atoms with van der Waals surface area (Å²) < 4.78 is 5.36. The first kappa shape index (κ1) is 21.1. The summed E-state index contributed by atoms with van der Waals surface area (Å²) in [6, 6.07) is 10.3. The van der Waals surface area contributed by atoms with Crippen LogP contribution >= 0.6 is 0 Å². The van der Waals surface area contributed by atoms with Crippen LogP contribution in [0.3, 0.4) is 0 Å². The van der Waals surface area contributed by atoms with E-state index in [0.29, 0.717) is 43.0 Å². The normalized spacial score (nSPS) is 22.5. The lowest BCUT2D eigenvalue weighted by molar-refractivity contribution is -0.139. The first-order valence-electron chi connectivity index (χ1n) is 11.1. The standard InChI is InChI=1S/C24H25N5O4/c30-22(26-17-8-9-21(25-15-17)28-10-12-33-13-11-28)16-4-3-5-18(14-16)29-24(32)20-7-2-1-6-19(20)23(31)27-29/h1-5,8-9,14-15,19-20H,6-7,10-13H2,(H,26,30)(H,27,31). The van der Waals surface area contributed by atoms with Gasteiger partial charge in [-0.3, -0.25) is 19.8 Å². The van der Waals surface area contributed by atoms with E-state index in [9.17, 15) is 14.4 Å². The Morgan fingerprint density at radius 3 is 2.61 bits per heavy atom. The number of rotatable bonds is 4. The number of nitrogens with zero attached hydrogens (tertiary/aromatic N) is 3. The fraction of sp³-hybridized carbons (Fsp3) is 0.333. The molecule has 5 rings (SSSR count). The number of allylic oxidation sites excluding steroid dienone is 2. The monoisotopic (exact) mass is 447 g/mol. The average molecular weight is 447 g/mol. The third-order valence-corrected chi connectivity index (χ3v) is 6.24. The lowest BCUT2D eigenvalue weighted by atomic mass is 9.80. The molecule has 2 saturated heterocycles. The number of nitrogens with one attached hydrogen (secondary N) is 2. The molecule has 3 aliphatic rings. The highest BCUT2D eigenvalue weighted by molar-refractivity contribution is 6.07. The molecule has 3 amide bonds. The van der Waals surface area contributed by atoms with Crippen molar-refractivity contribution >= 4 is 34.9 Å². The zero-order valence-corrected chi connectivity index (χ0v) is 18.1. The smallest absolute Gasteiger partial charge is 0.255 e. The largest absolute Gasteiger partial charge is 0.378 e. The van der Waals surface area contributed by atoms with Gasteiger partial charge >= 0.3 is 0 Å². The van der Waals surface area contributed by atoms with Gasteiger partial charge in [-0.15, -0.1) is 0 Å². The highest BCUT2D eigenvalue weighted by Crippen LogP contribution is 2.32. The van der Waals surface area contributed by atoms with Crippen molar-refractivity contribution in [2.75, 3.05) is 41.5 Å². The number of fused-ring (bicyclic) bond motifs is 1. The Morgan fingerprint density at radius 2 is 1.85 bits per heavy atom. The number of benzene rings is 1. The summed E-state index contributed by atoms with van der Waals surface area (Å²) in [7, 11) is 0. The summed E-state index contributed by atoms with van der Waals surface area (Å²) in [6.45, 7) is 2.92. The molecule has 0 bridgehead atoms. The molecule has 1 aromatic carbocycles. The van der Waals surface area contributed by atoms with Crippen LogP contribution in [0.5, 0.6) is 0 Å². The molecule has 3 heterocycles. The minimum Gasteiger partial charge on any atom is -0.378 e. The van der Waals surface area contributed by atoms with E-state index >= 15 is 0 Å². The highest BCUT2D eigenvalue weighted by Gasteiger charge is 2.42. The summed E-state index contributed by atoms with van der Waals surface area (Å²) >= 11 is 0. The number of anilines is 3. The molecule has 2 fully saturated rings. The second kappa shape index (κ2) is 9.03. The predicted molar refractivity (Wildman–Crippen MR) is 123 cm³/mol. The topological polar surface area (TPSA) is 104 Å². The SMILES string of the molecule is O=C(Nc1ccc(N2CCOCC2)nc1)c1cccc(N2NC(=O)C3CC=CCC3C2=O)c1. The lowest BCUT2D eigenvalue weighted by Gasteiger charge is -2.38. The summed E-state index contributed by atoms with van der Waals surface area (Å²) in [5.74, 6) is -0.536. The Kier molecular flexibility index (Phi) is 5.78. The Morgan fingerprint density at radius 1 is 1.06 bits per heavy atom. The second-order valence-electron chi connectivity index (χ2n) is 8.31. The lowest BCUT2D eigenvalue weighted by Crippen LogP contribution is -2.59. The van der Waals surface area contributed by atoms with E-state index in [1.807, 2.05) is 24.3 Å². The van der Waals surface area contributed by atoms with Crippen LogP contribution in [-0.2, 0) is 14.3 Å². The van der Waals surface area contributed by atoms with Gasteiger partial charge in [-0.1, -0.05) is 18.2 Å². The number of hydrazine groups is 1. The molecule has 1 aliphatic carbocycles. The number of hydrogen-bond donors (Lipinski definition) is 2. The van der Waals surface area contributed by atoms with Gasteiger partial charge in [0.15, 0.2) is 0 Å². The molecule has 9 heteroatoms. The van der Waals surface area contributed by atoms with Crippen molar-refractivity contribution in [1.82, 2.24) is 10.4 Å². The van der Waals surface area contributed by atoms with Crippen molar-refractivity contribution in [3.63, 3.8) is 0 Å². The van der Waals surface area contributed by atoms with Crippen molar-refractivity contribution in [3.05, 3.63) is 60.3 Å². The number of ether oxygens (including phenoxy) is 1. The van der Waals surface area contributed by atoms with Crippen LogP contribution in [0.2, 0.25) is 0 Å². The number of hydrogen-bond acceptors (Lipinski definition) is 6. The van der Waals surface area contributed by atoms with Gasteiger partial charge in [-0.2, -0.15) is 0 Å². The molecule has 2 aromatic rings. The number of morpholine rings is 1. The molecule has 0 radical (unpaired) electrons. The second-order valence-corrected chi connectivity index (χ2v) is 8.31. The van der Waals surface area contributed by atoms with Gasteiger partial charge in [0.1, 0.15) is 5.82 Å². The van der Waals surface area contributed by atoms with Gasteiger partial charge in [0.25, 0.3) is 5.91 Å². The van der Waals surface area contributed by atoms with Crippen molar-refractivity contribution in [3.8, 4) is 0 Å². The van der Waals surface area contributed by atoms with Crippen LogP contribution in [0.25, 0.3) is 0 Å². The van der Waals surface area contributed by atoms with Crippen molar-refractivity contribution in [2.24, 2.45) is 11.8 Å². The molecular formula is C24H25N5O4. The minimum atomic E-state index is -0.378. The third-order valence-electron chi connectivity index (χ3n) is 6.24. The number of pyridine rings is 1. The van der Waals surface area contributed by atoms with Gasteiger partial charge in [-0.05, 0) is 43.2 Å². The molecular weight excluding hydrogens is 422 g/mol. The molecule has 33 heavy (non-hydrogen) atoms. The molecule has 2 aliphatic heterocycles. The first-order valence-corrected chi connectivity index (χ1v) is 11.1. The number of carbonyl (C=O) groups is 3. The molecule has 1 aromatic heterocycles. The van der Waals surface area contributed by atoms with Crippen molar-refractivity contribution < 1.29 is 19.1 Å². The van der Waals surface area contributed by atoms with Gasteiger partial charge < -0.3 is 15.0 Å². The zero-order chi connectivity index (χ0) is 22.8. The number of aromatic nitrogens is 1. The van der Waals surface area contributed by atoms with Crippen LogP contribution in [0.1, 0.15) is 23.2 Å². The third kappa shape index (κ3) is 4.31. The van der Waals surface area contributed by atoms with Crippen molar-refractivity contribution in [2.45, 2.75) is 12.8 Å². The van der Waals surface area contributed by atoms with Crippen LogP contribution in [0.15, 0.2) is 54.7 Å². The van der Waals surface area contributed by atoms with E-state index in [4.69, 9.17) is 4.74 Å². The summed E-state index contributed by atoms with van der Waals surface area (Å²) in [5.41, 5.74) is 4.09. The molecule has 2 atom stereocenters. The maximum Gasteiger partial charge on any atom is 0.255 e. The van der Waals surface area contributed by atoms with Gasteiger partial charge in [0.2, 0.25) is 11.8 Å². The first-order chi connectivity index (χ1) is 16.1. The van der Waals surface area contributed by atoms with Crippen LogP contribution < -0.4 is 20.7 Å². The Balaban J connectivity index is 1.29. The van der Waals surface area contributed by atoms with E-state index < -0.39 is 0 Å². The maximum atomic E-state index is 13.0. The fourth-order valence-electron chi connectivity index (χ4n) is 4.41. The van der Waals surface area contributed by atoms with E-state index in [1.54, 1.807) is 30.5 Å². The van der Waals surface area contributed by atoms with Gasteiger partial charge in [0, 0.05) is 18.7 Å². The van der Waals surface area contributed by atoms with E-state index in [2.05, 4.69) is 20.6 Å². The predicted octanol–water partition coefficient (Wildman–Crippen LogP) is 2.13. The van der Waals surface area contributed by atoms with E-state index in [1.165, 1.54) is 5.01 Å². The van der Waals surface area contributed by atoms with Crippen LogP contribution in [0.4, 0.5) is 17.2 Å². The quantitative estimate of drug-likeness (QED) is 0.696. The number of carbonyl (C=O) groups excluding carboxylic acids is 3. The van der Waals surface area contributed by atoms with Crippen molar-refractivity contribution in [1.29, 1.82) is 0 Å². The molecule has 9 nitrogen and oxygen atoms in total. The zero-order valence-electron chi connectivity index (χ0n) is 18.1. The summed E-state index contributed by atoms with van der Waals surface area (Å²) in [5, 5.41) is 4.10. The number of amides is 3.